The maximum Gasteiger partial charge on any atom is 0.233 e. The van der Waals surface area contributed by atoms with Crippen molar-refractivity contribution in [1.82, 2.24) is 5.32 Å². The highest BCUT2D eigenvalue weighted by atomic mass is 32.1. The molecule has 1 heterocycles. The lowest BCUT2D eigenvalue weighted by atomic mass is 9.94. The summed E-state index contributed by atoms with van der Waals surface area (Å²) in [5.41, 5.74) is -0.229. The van der Waals surface area contributed by atoms with Crippen LogP contribution in [0.2, 0.25) is 0 Å². The molecule has 0 aromatic heterocycles. The van der Waals surface area contributed by atoms with Crippen molar-refractivity contribution in [3.63, 3.8) is 0 Å². The minimum Gasteiger partial charge on any atom is -0.376 e. The van der Waals surface area contributed by atoms with Crippen LogP contribution in [0.5, 0.6) is 0 Å². The molecule has 1 saturated heterocycles. The Morgan fingerprint density at radius 1 is 1.60 bits per heavy atom. The first-order chi connectivity index (χ1) is 6.87. The number of carbonyl (C=O) groups is 1. The van der Waals surface area contributed by atoms with Crippen molar-refractivity contribution in [2.24, 2.45) is 5.92 Å². The number of hydrogen-bond acceptors (Lipinski definition) is 3. The van der Waals surface area contributed by atoms with E-state index in [-0.39, 0.29) is 28.7 Å². The third-order valence-electron chi connectivity index (χ3n) is 3.20. The van der Waals surface area contributed by atoms with Gasteiger partial charge >= 0.3 is 0 Å². The molecule has 3 unspecified atom stereocenters. The van der Waals surface area contributed by atoms with Crippen molar-refractivity contribution >= 4 is 18.5 Å². The van der Waals surface area contributed by atoms with Gasteiger partial charge in [-0.3, -0.25) is 4.79 Å². The average molecular weight is 231 g/mol. The van der Waals surface area contributed by atoms with Gasteiger partial charge in [0.05, 0.1) is 16.9 Å². The van der Waals surface area contributed by atoms with Crippen LogP contribution in [0.4, 0.5) is 0 Å². The van der Waals surface area contributed by atoms with Crippen LogP contribution in [-0.2, 0) is 9.53 Å². The normalized spacial score (nSPS) is 33.1. The number of ether oxygens (including phenoxy) is 1. The maximum absolute atomic E-state index is 11.8. The molecule has 1 fully saturated rings. The van der Waals surface area contributed by atoms with E-state index in [9.17, 15) is 4.79 Å². The summed E-state index contributed by atoms with van der Waals surface area (Å²) in [7, 11) is 0. The van der Waals surface area contributed by atoms with Crippen molar-refractivity contribution in [2.75, 3.05) is 6.61 Å². The first-order valence-corrected chi connectivity index (χ1v) is 6.00. The van der Waals surface area contributed by atoms with Crippen molar-refractivity contribution in [2.45, 2.75) is 51.0 Å². The van der Waals surface area contributed by atoms with Gasteiger partial charge in [-0.05, 0) is 26.2 Å². The lowest BCUT2D eigenvalue weighted by Crippen LogP contribution is -2.53. The van der Waals surface area contributed by atoms with Crippen LogP contribution in [-0.4, -0.2) is 29.4 Å². The summed E-state index contributed by atoms with van der Waals surface area (Å²) in [6.07, 6.45) is 0.951. The zero-order valence-corrected chi connectivity index (χ0v) is 10.8. The molecule has 0 aliphatic carbocycles. The maximum atomic E-state index is 11.8. The molecule has 88 valence electrons. The van der Waals surface area contributed by atoms with Gasteiger partial charge < -0.3 is 10.1 Å². The summed E-state index contributed by atoms with van der Waals surface area (Å²) in [6, 6.07) is 0. The van der Waals surface area contributed by atoms with Gasteiger partial charge in [-0.1, -0.05) is 13.8 Å². The Kier molecular flexibility index (Phi) is 4.06. The van der Waals surface area contributed by atoms with Crippen LogP contribution in [0.3, 0.4) is 0 Å². The van der Waals surface area contributed by atoms with Gasteiger partial charge in [0, 0.05) is 6.61 Å². The van der Waals surface area contributed by atoms with Gasteiger partial charge in [0.25, 0.3) is 0 Å². The largest absolute Gasteiger partial charge is 0.376 e. The number of rotatable bonds is 3. The Bertz CT molecular complexity index is 245. The van der Waals surface area contributed by atoms with Crippen molar-refractivity contribution < 1.29 is 9.53 Å². The van der Waals surface area contributed by atoms with Crippen molar-refractivity contribution in [1.29, 1.82) is 0 Å². The summed E-state index contributed by atoms with van der Waals surface area (Å²) in [4.78, 5) is 11.8. The highest BCUT2D eigenvalue weighted by Gasteiger charge is 2.39. The van der Waals surface area contributed by atoms with Gasteiger partial charge in [0.2, 0.25) is 5.91 Å². The third-order valence-corrected chi connectivity index (χ3v) is 4.03. The molecule has 1 rings (SSSR count). The van der Waals surface area contributed by atoms with Gasteiger partial charge in [0.1, 0.15) is 0 Å². The van der Waals surface area contributed by atoms with E-state index >= 15 is 0 Å². The summed E-state index contributed by atoms with van der Waals surface area (Å²) in [5.74, 6) is 0.253. The van der Waals surface area contributed by atoms with E-state index < -0.39 is 0 Å². The summed E-state index contributed by atoms with van der Waals surface area (Å²) >= 11 is 4.31. The van der Waals surface area contributed by atoms with Gasteiger partial charge in [-0.15, -0.1) is 0 Å². The highest BCUT2D eigenvalue weighted by molar-refractivity contribution is 7.81. The fourth-order valence-electron chi connectivity index (χ4n) is 1.66. The highest BCUT2D eigenvalue weighted by Crippen LogP contribution is 2.25. The van der Waals surface area contributed by atoms with E-state index in [0.29, 0.717) is 0 Å². The molecule has 0 radical (unpaired) electrons. The molecule has 0 aromatic carbocycles. The average Bonchev–Trinajstić information content (AvgIpc) is 2.45. The van der Waals surface area contributed by atoms with E-state index in [1.54, 1.807) is 0 Å². The molecular weight excluding hydrogens is 210 g/mol. The second-order valence-corrected chi connectivity index (χ2v) is 5.41. The zero-order valence-electron chi connectivity index (χ0n) is 9.91. The van der Waals surface area contributed by atoms with Gasteiger partial charge in [0.15, 0.2) is 0 Å². The first-order valence-electron chi connectivity index (χ1n) is 5.48. The molecule has 3 nitrogen and oxygen atoms in total. The fraction of sp³-hybridized carbons (Fsp3) is 0.909. The number of carbonyl (C=O) groups excluding carboxylic acids is 1. The number of amides is 1. The van der Waals surface area contributed by atoms with Crippen LogP contribution in [0, 0.1) is 5.92 Å². The van der Waals surface area contributed by atoms with Crippen LogP contribution in [0.25, 0.3) is 0 Å². The third kappa shape index (κ3) is 2.88. The molecule has 0 aromatic rings. The Hall–Kier alpha value is -0.220. The Morgan fingerprint density at radius 3 is 2.60 bits per heavy atom. The monoisotopic (exact) mass is 231 g/mol. The molecule has 0 bridgehead atoms. The second-order valence-electron chi connectivity index (χ2n) is 4.86. The lowest BCUT2D eigenvalue weighted by molar-refractivity contribution is -0.123. The number of nitrogens with one attached hydrogen (secondary N) is 1. The summed E-state index contributed by atoms with van der Waals surface area (Å²) < 4.78 is 5.47. The lowest BCUT2D eigenvalue weighted by Gasteiger charge is -2.30. The van der Waals surface area contributed by atoms with Crippen LogP contribution in [0.15, 0.2) is 0 Å². The molecule has 4 heteroatoms. The molecule has 1 N–H and O–H groups in total. The number of hydrogen-bond donors (Lipinski definition) is 2. The predicted octanol–water partition coefficient (Wildman–Crippen LogP) is 1.62. The Balaban J connectivity index is 2.57. The SMILES string of the molecule is CC(C)C(S)C(=O)NC1(C)CCOC1C. The Morgan fingerprint density at radius 2 is 2.20 bits per heavy atom. The van der Waals surface area contributed by atoms with E-state index in [0.717, 1.165) is 13.0 Å². The second kappa shape index (κ2) is 4.74. The molecule has 1 aliphatic rings. The standard InChI is InChI=1S/C11H21NO2S/c1-7(2)9(15)10(13)12-11(4)5-6-14-8(11)3/h7-9,15H,5-6H2,1-4H3,(H,12,13). The molecule has 0 spiro atoms. The quantitative estimate of drug-likeness (QED) is 0.725. The minimum atomic E-state index is -0.241. The van der Waals surface area contributed by atoms with Crippen molar-refractivity contribution in [3.05, 3.63) is 0 Å². The van der Waals surface area contributed by atoms with E-state index in [4.69, 9.17) is 4.74 Å². The molecule has 1 aliphatic heterocycles. The van der Waals surface area contributed by atoms with Gasteiger partial charge in [-0.2, -0.15) is 12.6 Å². The minimum absolute atomic E-state index is 0.00758. The smallest absolute Gasteiger partial charge is 0.233 e. The molecule has 15 heavy (non-hydrogen) atoms. The molecular formula is C11H21NO2S. The van der Waals surface area contributed by atoms with E-state index in [1.165, 1.54) is 0 Å². The van der Waals surface area contributed by atoms with E-state index in [1.807, 2.05) is 27.7 Å². The van der Waals surface area contributed by atoms with Gasteiger partial charge in [-0.25, -0.2) is 0 Å². The molecule has 3 atom stereocenters. The predicted molar refractivity (Wildman–Crippen MR) is 64.2 cm³/mol. The first kappa shape index (κ1) is 12.8. The Labute approximate surface area is 97.4 Å². The zero-order chi connectivity index (χ0) is 11.6. The van der Waals surface area contributed by atoms with Crippen LogP contribution < -0.4 is 5.32 Å². The molecule has 1 amide bonds. The van der Waals surface area contributed by atoms with Crippen molar-refractivity contribution in [3.8, 4) is 0 Å². The molecule has 0 saturated carbocycles. The summed E-state index contributed by atoms with van der Waals surface area (Å²) in [5, 5.41) is 2.80. The number of thiol groups is 1. The van der Waals surface area contributed by atoms with E-state index in [2.05, 4.69) is 17.9 Å². The topological polar surface area (TPSA) is 38.3 Å². The van der Waals surface area contributed by atoms with Crippen LogP contribution in [0.1, 0.15) is 34.1 Å². The summed E-state index contributed by atoms with van der Waals surface area (Å²) in [6.45, 7) is 8.73. The fourth-order valence-corrected chi connectivity index (χ4v) is 1.72. The van der Waals surface area contributed by atoms with Crippen LogP contribution >= 0.6 is 12.6 Å².